The van der Waals surface area contributed by atoms with E-state index in [9.17, 15) is 15.0 Å². The van der Waals surface area contributed by atoms with E-state index in [1.165, 1.54) is 13.0 Å². The molecule has 5 heteroatoms. The van der Waals surface area contributed by atoms with Crippen molar-refractivity contribution >= 4 is 17.4 Å². The summed E-state index contributed by atoms with van der Waals surface area (Å²) in [6, 6.07) is 3.17. The summed E-state index contributed by atoms with van der Waals surface area (Å²) in [5, 5.41) is 19.5. The monoisotopic (exact) mass is 286 g/mol. The molecule has 0 aliphatic rings. The highest BCUT2D eigenvalue weighted by molar-refractivity contribution is 6.18. The maximum atomic E-state index is 11.4. The van der Waals surface area contributed by atoms with Gasteiger partial charge in [0.25, 0.3) is 0 Å². The molecule has 0 aliphatic carbocycles. The number of aromatic hydroxyl groups is 1. The van der Waals surface area contributed by atoms with E-state index < -0.39 is 6.10 Å². The SMILES string of the molecule is CCCc1c(OC[C@@H](O)CCl)ccc(C(C)=O)c1O. The molecule has 0 saturated heterocycles. The fourth-order valence-corrected chi connectivity index (χ4v) is 1.85. The fourth-order valence-electron chi connectivity index (χ4n) is 1.76. The highest BCUT2D eigenvalue weighted by Crippen LogP contribution is 2.33. The van der Waals surface area contributed by atoms with Crippen LogP contribution in [0.4, 0.5) is 0 Å². The number of benzene rings is 1. The summed E-state index contributed by atoms with van der Waals surface area (Å²) in [5.74, 6) is 0.337. The number of carbonyl (C=O) groups is 1. The number of alkyl halides is 1. The lowest BCUT2D eigenvalue weighted by atomic mass is 10.0. The normalized spacial score (nSPS) is 12.2. The molecule has 4 nitrogen and oxygen atoms in total. The van der Waals surface area contributed by atoms with E-state index in [0.717, 1.165) is 6.42 Å². The second kappa shape index (κ2) is 7.36. The Kier molecular flexibility index (Phi) is 6.12. The van der Waals surface area contributed by atoms with Crippen molar-refractivity contribution in [3.8, 4) is 11.5 Å². The number of phenols is 1. The Morgan fingerprint density at radius 3 is 2.68 bits per heavy atom. The molecule has 1 atom stereocenters. The van der Waals surface area contributed by atoms with Crippen LogP contribution in [0.2, 0.25) is 0 Å². The Hall–Kier alpha value is -1.26. The molecule has 0 fully saturated rings. The molecule has 2 N–H and O–H groups in total. The summed E-state index contributed by atoms with van der Waals surface area (Å²) in [6.07, 6.45) is 0.647. The van der Waals surface area contributed by atoms with Crippen LogP contribution >= 0.6 is 11.6 Å². The van der Waals surface area contributed by atoms with Gasteiger partial charge in [0.2, 0.25) is 0 Å². The average molecular weight is 287 g/mol. The number of ether oxygens (including phenoxy) is 1. The third-order valence-corrected chi connectivity index (χ3v) is 3.08. The number of carbonyl (C=O) groups excluding carboxylic acids is 1. The zero-order chi connectivity index (χ0) is 14.4. The van der Waals surface area contributed by atoms with E-state index in [1.54, 1.807) is 6.07 Å². The third kappa shape index (κ3) is 4.11. The molecule has 1 aromatic rings. The van der Waals surface area contributed by atoms with Gasteiger partial charge in [-0.05, 0) is 25.5 Å². The van der Waals surface area contributed by atoms with Gasteiger partial charge < -0.3 is 14.9 Å². The standard InChI is InChI=1S/C14H19ClO4/c1-3-4-12-13(19-8-10(17)7-15)6-5-11(9(2)16)14(12)18/h5-6,10,17-18H,3-4,7-8H2,1-2H3/t10-/m0/s1. The fraction of sp³-hybridized carbons (Fsp3) is 0.500. The minimum Gasteiger partial charge on any atom is -0.507 e. The van der Waals surface area contributed by atoms with Crippen LogP contribution in [0.3, 0.4) is 0 Å². The van der Waals surface area contributed by atoms with Crippen LogP contribution in [0, 0.1) is 0 Å². The number of rotatable bonds is 7. The Balaban J connectivity index is 3.03. The van der Waals surface area contributed by atoms with Crippen molar-refractivity contribution in [1.82, 2.24) is 0 Å². The predicted molar refractivity (Wildman–Crippen MR) is 74.3 cm³/mol. The molecule has 19 heavy (non-hydrogen) atoms. The molecule has 0 aromatic heterocycles. The van der Waals surface area contributed by atoms with Crippen molar-refractivity contribution in [3.05, 3.63) is 23.3 Å². The van der Waals surface area contributed by atoms with Gasteiger partial charge in [-0.3, -0.25) is 4.79 Å². The summed E-state index contributed by atoms with van der Waals surface area (Å²) in [4.78, 5) is 11.4. The van der Waals surface area contributed by atoms with Crippen molar-refractivity contribution < 1.29 is 19.7 Å². The highest BCUT2D eigenvalue weighted by atomic mass is 35.5. The Morgan fingerprint density at radius 1 is 1.47 bits per heavy atom. The van der Waals surface area contributed by atoms with Crippen LogP contribution in [-0.4, -0.2) is 34.6 Å². The number of phenolic OH excluding ortho intramolecular Hbond substituents is 1. The summed E-state index contributed by atoms with van der Waals surface area (Å²) >= 11 is 5.49. The number of hydrogen-bond acceptors (Lipinski definition) is 4. The second-order valence-electron chi connectivity index (χ2n) is 4.36. The van der Waals surface area contributed by atoms with Crippen LogP contribution < -0.4 is 4.74 Å². The van der Waals surface area contributed by atoms with Gasteiger partial charge >= 0.3 is 0 Å². The highest BCUT2D eigenvalue weighted by Gasteiger charge is 2.16. The topological polar surface area (TPSA) is 66.8 Å². The zero-order valence-electron chi connectivity index (χ0n) is 11.1. The molecule has 0 unspecified atom stereocenters. The van der Waals surface area contributed by atoms with Crippen LogP contribution in [0.25, 0.3) is 0 Å². The minimum atomic E-state index is -0.759. The number of Topliss-reactive ketones (excluding diaryl/α,β-unsaturated/α-hetero) is 1. The molecule has 106 valence electrons. The van der Waals surface area contributed by atoms with Crippen molar-refractivity contribution in [1.29, 1.82) is 0 Å². The molecular weight excluding hydrogens is 268 g/mol. The summed E-state index contributed by atoms with van der Waals surface area (Å²) in [7, 11) is 0. The first-order chi connectivity index (χ1) is 9.01. The zero-order valence-corrected chi connectivity index (χ0v) is 11.9. The first kappa shape index (κ1) is 15.8. The van der Waals surface area contributed by atoms with Crippen LogP contribution in [-0.2, 0) is 6.42 Å². The smallest absolute Gasteiger partial charge is 0.163 e. The summed E-state index contributed by atoms with van der Waals surface area (Å²) in [6.45, 7) is 3.43. The van der Waals surface area contributed by atoms with Gasteiger partial charge in [-0.15, -0.1) is 11.6 Å². The van der Waals surface area contributed by atoms with E-state index in [-0.39, 0.29) is 29.6 Å². The van der Waals surface area contributed by atoms with Crippen LogP contribution in [0.1, 0.15) is 36.2 Å². The number of ketones is 1. The molecule has 0 radical (unpaired) electrons. The molecule has 0 amide bonds. The lowest BCUT2D eigenvalue weighted by Crippen LogP contribution is -2.19. The van der Waals surface area contributed by atoms with Crippen molar-refractivity contribution in [2.45, 2.75) is 32.8 Å². The Bertz CT molecular complexity index is 445. The molecule has 0 saturated carbocycles. The van der Waals surface area contributed by atoms with Gasteiger partial charge in [0.05, 0.1) is 11.4 Å². The first-order valence-electron chi connectivity index (χ1n) is 6.23. The number of aliphatic hydroxyl groups is 1. The summed E-state index contributed by atoms with van der Waals surface area (Å²) < 4.78 is 5.45. The van der Waals surface area contributed by atoms with Crippen molar-refractivity contribution in [2.24, 2.45) is 0 Å². The van der Waals surface area contributed by atoms with E-state index in [4.69, 9.17) is 16.3 Å². The molecule has 0 spiro atoms. The van der Waals surface area contributed by atoms with Gasteiger partial charge in [-0.25, -0.2) is 0 Å². The minimum absolute atomic E-state index is 0.0350. The van der Waals surface area contributed by atoms with Crippen molar-refractivity contribution in [3.63, 3.8) is 0 Å². The quantitative estimate of drug-likeness (QED) is 0.597. The van der Waals surface area contributed by atoms with E-state index in [2.05, 4.69) is 0 Å². The predicted octanol–water partition coefficient (Wildman–Crippen LogP) is 2.53. The summed E-state index contributed by atoms with van der Waals surface area (Å²) in [5.41, 5.74) is 0.880. The maximum Gasteiger partial charge on any atom is 0.163 e. The molecule has 0 bridgehead atoms. The second-order valence-corrected chi connectivity index (χ2v) is 4.67. The Morgan fingerprint density at radius 2 is 2.16 bits per heavy atom. The van der Waals surface area contributed by atoms with Gasteiger partial charge in [-0.1, -0.05) is 13.3 Å². The van der Waals surface area contributed by atoms with Gasteiger partial charge in [0.15, 0.2) is 5.78 Å². The lowest BCUT2D eigenvalue weighted by Gasteiger charge is -2.16. The lowest BCUT2D eigenvalue weighted by molar-refractivity contribution is 0.101. The van der Waals surface area contributed by atoms with Gasteiger partial charge in [0.1, 0.15) is 24.2 Å². The first-order valence-corrected chi connectivity index (χ1v) is 6.77. The van der Waals surface area contributed by atoms with Gasteiger partial charge in [0, 0.05) is 5.56 Å². The van der Waals surface area contributed by atoms with Gasteiger partial charge in [-0.2, -0.15) is 0 Å². The van der Waals surface area contributed by atoms with E-state index >= 15 is 0 Å². The molecule has 0 heterocycles. The molecule has 1 rings (SSSR count). The van der Waals surface area contributed by atoms with Crippen LogP contribution in [0.15, 0.2) is 12.1 Å². The molecule has 1 aromatic carbocycles. The third-order valence-electron chi connectivity index (χ3n) is 2.73. The largest absolute Gasteiger partial charge is 0.507 e. The number of hydrogen-bond donors (Lipinski definition) is 2. The number of aliphatic hydroxyl groups excluding tert-OH is 1. The van der Waals surface area contributed by atoms with E-state index in [1.807, 2.05) is 6.92 Å². The van der Waals surface area contributed by atoms with Crippen LogP contribution in [0.5, 0.6) is 11.5 Å². The molecule has 0 aliphatic heterocycles. The molecular formula is C14H19ClO4. The van der Waals surface area contributed by atoms with Crippen molar-refractivity contribution in [2.75, 3.05) is 12.5 Å². The number of halogens is 1. The van der Waals surface area contributed by atoms with E-state index in [0.29, 0.717) is 17.7 Å². The average Bonchev–Trinajstić information content (AvgIpc) is 2.38. The Labute approximate surface area is 118 Å². The maximum absolute atomic E-state index is 11.4.